The second kappa shape index (κ2) is 7.17. The Morgan fingerprint density at radius 1 is 1.30 bits per heavy atom. The first-order valence-electron chi connectivity index (χ1n) is 6.91. The maximum absolute atomic E-state index is 12.4. The van der Waals surface area contributed by atoms with Crippen LogP contribution in [0.5, 0.6) is 0 Å². The number of nitrogens with zero attached hydrogens (tertiary/aromatic N) is 2. The minimum atomic E-state index is -0.258. The zero-order valence-corrected chi connectivity index (χ0v) is 14.3. The summed E-state index contributed by atoms with van der Waals surface area (Å²) in [5.41, 5.74) is 0.365. The molecule has 0 saturated heterocycles. The van der Waals surface area contributed by atoms with Gasteiger partial charge in [0.15, 0.2) is 0 Å². The van der Waals surface area contributed by atoms with Crippen molar-refractivity contribution in [3.05, 3.63) is 74.7 Å². The molecule has 0 aliphatic carbocycles. The van der Waals surface area contributed by atoms with E-state index >= 15 is 0 Å². The predicted molar refractivity (Wildman–Crippen MR) is 93.5 cm³/mol. The zero-order valence-electron chi connectivity index (χ0n) is 11.9. The van der Waals surface area contributed by atoms with E-state index in [9.17, 15) is 4.79 Å². The molecule has 1 N–H and O–H groups in total. The Hall–Kier alpha value is -1.82. The largest absolute Gasteiger partial charge is 0.349 e. The van der Waals surface area contributed by atoms with Crippen LogP contribution in [0, 0.1) is 0 Å². The van der Waals surface area contributed by atoms with Crippen LogP contribution in [0.2, 0.25) is 10.0 Å². The standard InChI is InChI=1S/C16H13Cl2N3OS/c17-11-4-5-13(18)12(9-11)16(22)19-10-14(15-3-1-8-23-15)21-7-2-6-20-21/h1-9,14H,10H2,(H,19,22). The highest BCUT2D eigenvalue weighted by atomic mass is 35.5. The van der Waals surface area contributed by atoms with Crippen molar-refractivity contribution in [2.45, 2.75) is 6.04 Å². The van der Waals surface area contributed by atoms with Gasteiger partial charge in [-0.25, -0.2) is 0 Å². The van der Waals surface area contributed by atoms with E-state index in [-0.39, 0.29) is 11.9 Å². The summed E-state index contributed by atoms with van der Waals surface area (Å²) in [6.45, 7) is 0.407. The van der Waals surface area contributed by atoms with E-state index in [0.717, 1.165) is 4.88 Å². The number of aromatic nitrogens is 2. The van der Waals surface area contributed by atoms with Crippen molar-refractivity contribution in [1.29, 1.82) is 0 Å². The molecular weight excluding hydrogens is 353 g/mol. The van der Waals surface area contributed by atoms with Crippen LogP contribution in [-0.2, 0) is 0 Å². The van der Waals surface area contributed by atoms with E-state index in [0.29, 0.717) is 22.2 Å². The molecule has 23 heavy (non-hydrogen) atoms. The normalized spacial score (nSPS) is 12.1. The minimum Gasteiger partial charge on any atom is -0.349 e. The minimum absolute atomic E-state index is 0.0630. The number of carbonyl (C=O) groups is 1. The quantitative estimate of drug-likeness (QED) is 0.733. The van der Waals surface area contributed by atoms with Crippen molar-refractivity contribution in [3.63, 3.8) is 0 Å². The van der Waals surface area contributed by atoms with Gasteiger partial charge in [-0.1, -0.05) is 29.3 Å². The van der Waals surface area contributed by atoms with Crippen molar-refractivity contribution in [2.24, 2.45) is 0 Å². The molecule has 1 amide bonds. The van der Waals surface area contributed by atoms with Crippen LogP contribution in [0.3, 0.4) is 0 Å². The molecule has 1 aromatic carbocycles. The molecule has 0 bridgehead atoms. The number of nitrogens with one attached hydrogen (secondary N) is 1. The molecule has 0 radical (unpaired) electrons. The molecule has 1 unspecified atom stereocenters. The maximum Gasteiger partial charge on any atom is 0.252 e. The highest BCUT2D eigenvalue weighted by Crippen LogP contribution is 2.23. The topological polar surface area (TPSA) is 46.9 Å². The Morgan fingerprint density at radius 3 is 2.87 bits per heavy atom. The fourth-order valence-corrected chi connectivity index (χ4v) is 3.42. The summed E-state index contributed by atoms with van der Waals surface area (Å²) in [4.78, 5) is 13.5. The average Bonchev–Trinajstić information content (AvgIpc) is 3.23. The predicted octanol–water partition coefficient (Wildman–Crippen LogP) is 4.27. The number of amides is 1. The number of hydrogen-bond acceptors (Lipinski definition) is 3. The molecular formula is C16H13Cl2N3OS. The van der Waals surface area contributed by atoms with Crippen molar-refractivity contribution >= 4 is 40.4 Å². The third-order valence-corrected chi connectivity index (χ3v) is 4.88. The number of halogens is 2. The second-order valence-corrected chi connectivity index (χ2v) is 6.67. The van der Waals surface area contributed by atoms with Gasteiger partial charge in [-0.05, 0) is 35.7 Å². The van der Waals surface area contributed by atoms with Crippen molar-refractivity contribution in [1.82, 2.24) is 15.1 Å². The summed E-state index contributed by atoms with van der Waals surface area (Å²) in [6, 6.07) is 10.6. The number of thiophene rings is 1. The lowest BCUT2D eigenvalue weighted by Gasteiger charge is -2.17. The summed E-state index contributed by atoms with van der Waals surface area (Å²) >= 11 is 13.6. The van der Waals surface area contributed by atoms with Crippen LogP contribution in [0.1, 0.15) is 21.3 Å². The molecule has 1 atom stereocenters. The van der Waals surface area contributed by atoms with E-state index in [4.69, 9.17) is 23.2 Å². The van der Waals surface area contributed by atoms with Crippen LogP contribution >= 0.6 is 34.5 Å². The van der Waals surface area contributed by atoms with Crippen molar-refractivity contribution in [2.75, 3.05) is 6.54 Å². The molecule has 0 spiro atoms. The molecule has 2 heterocycles. The number of carbonyl (C=O) groups excluding carboxylic acids is 1. The van der Waals surface area contributed by atoms with Crippen molar-refractivity contribution in [3.8, 4) is 0 Å². The lowest BCUT2D eigenvalue weighted by molar-refractivity contribution is 0.0949. The fraction of sp³-hybridized carbons (Fsp3) is 0.125. The Labute approximate surface area is 147 Å². The molecule has 4 nitrogen and oxygen atoms in total. The van der Waals surface area contributed by atoms with Gasteiger partial charge in [-0.3, -0.25) is 9.48 Å². The molecule has 3 rings (SSSR count). The smallest absolute Gasteiger partial charge is 0.252 e. The number of hydrogen-bond donors (Lipinski definition) is 1. The third-order valence-electron chi connectivity index (χ3n) is 3.34. The van der Waals surface area contributed by atoms with Crippen LogP contribution in [-0.4, -0.2) is 22.2 Å². The number of rotatable bonds is 5. The van der Waals surface area contributed by atoms with E-state index in [1.807, 2.05) is 34.5 Å². The number of benzene rings is 1. The molecule has 118 valence electrons. The van der Waals surface area contributed by atoms with Gasteiger partial charge in [0.25, 0.3) is 5.91 Å². The maximum atomic E-state index is 12.4. The first-order valence-corrected chi connectivity index (χ1v) is 8.54. The lowest BCUT2D eigenvalue weighted by Crippen LogP contribution is -2.31. The fourth-order valence-electron chi connectivity index (χ4n) is 2.23. The van der Waals surface area contributed by atoms with E-state index in [1.165, 1.54) is 0 Å². The Bertz CT molecular complexity index is 754. The molecule has 0 saturated carbocycles. The first-order chi connectivity index (χ1) is 11.1. The summed E-state index contributed by atoms with van der Waals surface area (Å²) in [5, 5.41) is 10.0. The highest BCUT2D eigenvalue weighted by Gasteiger charge is 2.18. The van der Waals surface area contributed by atoms with Gasteiger partial charge < -0.3 is 5.32 Å². The Balaban J connectivity index is 1.77. The van der Waals surface area contributed by atoms with Gasteiger partial charge in [0, 0.05) is 28.8 Å². The Morgan fingerprint density at radius 2 is 2.17 bits per heavy atom. The van der Waals surface area contributed by atoms with Crippen LogP contribution < -0.4 is 5.32 Å². The van der Waals surface area contributed by atoms with Crippen LogP contribution in [0.25, 0.3) is 0 Å². The molecule has 3 aromatic rings. The molecule has 7 heteroatoms. The van der Waals surface area contributed by atoms with Crippen LogP contribution in [0.15, 0.2) is 54.2 Å². The monoisotopic (exact) mass is 365 g/mol. The van der Waals surface area contributed by atoms with Gasteiger partial charge in [0.05, 0.1) is 10.6 Å². The van der Waals surface area contributed by atoms with Gasteiger partial charge in [-0.2, -0.15) is 5.10 Å². The summed E-state index contributed by atoms with van der Waals surface area (Å²) < 4.78 is 1.83. The lowest BCUT2D eigenvalue weighted by atomic mass is 10.2. The van der Waals surface area contributed by atoms with E-state index in [1.54, 1.807) is 35.7 Å². The van der Waals surface area contributed by atoms with Gasteiger partial charge in [-0.15, -0.1) is 11.3 Å². The van der Waals surface area contributed by atoms with Gasteiger partial charge in [0.1, 0.15) is 6.04 Å². The first kappa shape index (κ1) is 16.1. The summed E-state index contributed by atoms with van der Waals surface area (Å²) in [5.74, 6) is -0.258. The Kier molecular flexibility index (Phi) is 5.00. The average molecular weight is 366 g/mol. The zero-order chi connectivity index (χ0) is 16.2. The van der Waals surface area contributed by atoms with E-state index < -0.39 is 0 Å². The highest BCUT2D eigenvalue weighted by molar-refractivity contribution is 7.10. The third kappa shape index (κ3) is 3.75. The van der Waals surface area contributed by atoms with Crippen LogP contribution in [0.4, 0.5) is 0 Å². The van der Waals surface area contributed by atoms with Gasteiger partial charge >= 0.3 is 0 Å². The SMILES string of the molecule is O=C(NCC(c1cccs1)n1cccn1)c1cc(Cl)ccc1Cl. The molecule has 2 aromatic heterocycles. The van der Waals surface area contributed by atoms with Crippen molar-refractivity contribution < 1.29 is 4.79 Å². The second-order valence-electron chi connectivity index (χ2n) is 4.85. The van der Waals surface area contributed by atoms with E-state index in [2.05, 4.69) is 10.4 Å². The molecule has 0 aliphatic heterocycles. The molecule has 0 fully saturated rings. The summed E-state index contributed by atoms with van der Waals surface area (Å²) in [7, 11) is 0. The summed E-state index contributed by atoms with van der Waals surface area (Å²) in [6.07, 6.45) is 3.60. The van der Waals surface area contributed by atoms with Gasteiger partial charge in [0.2, 0.25) is 0 Å². The molecule has 0 aliphatic rings.